The van der Waals surface area contributed by atoms with Gasteiger partial charge >= 0.3 is 0 Å². The molecule has 1 heterocycles. The predicted octanol–water partition coefficient (Wildman–Crippen LogP) is 2.01. The third-order valence-corrected chi connectivity index (χ3v) is 2.24. The third kappa shape index (κ3) is 2.58. The molecule has 0 aliphatic rings. The molecule has 0 aliphatic carbocycles. The van der Waals surface area contributed by atoms with Crippen molar-refractivity contribution in [2.24, 2.45) is 0 Å². The molecule has 0 radical (unpaired) electrons. The van der Waals surface area contributed by atoms with Crippen LogP contribution in [-0.4, -0.2) is 9.97 Å². The second-order valence-corrected chi connectivity index (χ2v) is 3.62. The Labute approximate surface area is 96.9 Å². The van der Waals surface area contributed by atoms with E-state index in [0.717, 1.165) is 5.56 Å². The fraction of sp³-hybridized carbons (Fsp3) is 0.0909. The molecule has 0 amide bonds. The molecule has 1 aromatic heterocycles. The summed E-state index contributed by atoms with van der Waals surface area (Å²) in [5, 5.41) is 0. The van der Waals surface area contributed by atoms with Crippen molar-refractivity contribution < 1.29 is 4.74 Å². The highest BCUT2D eigenvalue weighted by molar-refractivity contribution is 7.71. The molecule has 0 saturated heterocycles. The lowest BCUT2D eigenvalue weighted by Gasteiger charge is -2.04. The highest BCUT2D eigenvalue weighted by atomic mass is 32.1. The van der Waals surface area contributed by atoms with Gasteiger partial charge in [0, 0.05) is 0 Å². The van der Waals surface area contributed by atoms with Crippen LogP contribution in [0.2, 0.25) is 0 Å². The fourth-order valence-electron chi connectivity index (χ4n) is 1.24. The van der Waals surface area contributed by atoms with Crippen molar-refractivity contribution in [1.29, 1.82) is 0 Å². The van der Waals surface area contributed by atoms with Gasteiger partial charge in [0.15, 0.2) is 4.77 Å². The second-order valence-electron chi connectivity index (χ2n) is 3.21. The minimum Gasteiger partial charge on any atom is -0.482 e. The summed E-state index contributed by atoms with van der Waals surface area (Å²) in [5.41, 5.74) is 0.684. The zero-order valence-corrected chi connectivity index (χ0v) is 9.21. The Morgan fingerprint density at radius 1 is 1.25 bits per heavy atom. The number of H-pyrrole nitrogens is 2. The predicted molar refractivity (Wildman–Crippen MR) is 63.0 cm³/mol. The van der Waals surface area contributed by atoms with E-state index in [4.69, 9.17) is 17.0 Å². The Hall–Kier alpha value is -1.88. The summed E-state index contributed by atoms with van der Waals surface area (Å²) in [6.07, 6.45) is 1.46. The normalized spacial score (nSPS) is 10.0. The maximum Gasteiger partial charge on any atom is 0.294 e. The molecule has 2 rings (SSSR count). The first kappa shape index (κ1) is 10.6. The summed E-state index contributed by atoms with van der Waals surface area (Å²) >= 11 is 4.77. The monoisotopic (exact) mass is 234 g/mol. The van der Waals surface area contributed by atoms with E-state index in [1.165, 1.54) is 6.20 Å². The van der Waals surface area contributed by atoms with Crippen molar-refractivity contribution in [2.75, 3.05) is 0 Å². The van der Waals surface area contributed by atoms with Gasteiger partial charge in [0.05, 0.1) is 6.20 Å². The Morgan fingerprint density at radius 3 is 2.69 bits per heavy atom. The summed E-state index contributed by atoms with van der Waals surface area (Å²) in [6, 6.07) is 9.62. The highest BCUT2D eigenvalue weighted by Gasteiger charge is 2.00. The first-order chi connectivity index (χ1) is 7.75. The Balaban J connectivity index is 2.11. The molecule has 2 N–H and O–H groups in total. The molecule has 0 saturated carbocycles. The van der Waals surface area contributed by atoms with E-state index in [2.05, 4.69) is 9.97 Å². The average Bonchev–Trinajstić information content (AvgIpc) is 2.29. The van der Waals surface area contributed by atoms with Crippen molar-refractivity contribution in [3.8, 4) is 5.75 Å². The molecule has 82 valence electrons. The van der Waals surface area contributed by atoms with Crippen molar-refractivity contribution in [2.45, 2.75) is 6.61 Å². The first-order valence-electron chi connectivity index (χ1n) is 4.74. The van der Waals surface area contributed by atoms with E-state index in [1.807, 2.05) is 30.3 Å². The molecule has 0 atom stereocenters. The fourth-order valence-corrected chi connectivity index (χ4v) is 1.39. The number of aromatic nitrogens is 2. The maximum atomic E-state index is 11.4. The van der Waals surface area contributed by atoms with Crippen molar-refractivity contribution in [3.05, 3.63) is 57.2 Å². The van der Waals surface area contributed by atoms with Gasteiger partial charge in [-0.1, -0.05) is 30.3 Å². The van der Waals surface area contributed by atoms with E-state index in [-0.39, 0.29) is 16.1 Å². The molecule has 0 spiro atoms. The van der Waals surface area contributed by atoms with Gasteiger partial charge in [0.1, 0.15) is 6.61 Å². The van der Waals surface area contributed by atoms with Gasteiger partial charge in [0.25, 0.3) is 5.56 Å². The van der Waals surface area contributed by atoms with E-state index >= 15 is 0 Å². The molecule has 0 unspecified atom stereocenters. The summed E-state index contributed by atoms with van der Waals surface area (Å²) < 4.78 is 5.65. The van der Waals surface area contributed by atoms with Gasteiger partial charge in [-0.15, -0.1) is 0 Å². The number of ether oxygens (including phenoxy) is 1. The molecular weight excluding hydrogens is 224 g/mol. The van der Waals surface area contributed by atoms with Crippen molar-refractivity contribution in [1.82, 2.24) is 9.97 Å². The van der Waals surface area contributed by atoms with Crippen LogP contribution >= 0.6 is 12.2 Å². The van der Waals surface area contributed by atoms with E-state index in [1.54, 1.807) is 0 Å². The number of aromatic amines is 2. The highest BCUT2D eigenvalue weighted by Crippen LogP contribution is 2.04. The quantitative estimate of drug-likeness (QED) is 0.799. The molecule has 0 aliphatic heterocycles. The molecule has 0 bridgehead atoms. The Kier molecular flexibility index (Phi) is 3.16. The molecule has 4 nitrogen and oxygen atoms in total. The molecule has 1 aromatic carbocycles. The summed E-state index contributed by atoms with van der Waals surface area (Å²) in [5.74, 6) is 0.234. The lowest BCUT2D eigenvalue weighted by molar-refractivity contribution is 0.300. The third-order valence-electron chi connectivity index (χ3n) is 2.02. The van der Waals surface area contributed by atoms with Crippen LogP contribution in [0.3, 0.4) is 0 Å². The van der Waals surface area contributed by atoms with Gasteiger partial charge in [-0.25, -0.2) is 0 Å². The first-order valence-corrected chi connectivity index (χ1v) is 5.15. The summed E-state index contributed by atoms with van der Waals surface area (Å²) in [4.78, 5) is 16.6. The number of hydrogen-bond acceptors (Lipinski definition) is 3. The maximum absolute atomic E-state index is 11.4. The van der Waals surface area contributed by atoms with Crippen LogP contribution in [0.5, 0.6) is 5.75 Å². The van der Waals surface area contributed by atoms with Gasteiger partial charge in [-0.3, -0.25) is 9.78 Å². The number of nitrogens with one attached hydrogen (secondary N) is 2. The number of benzene rings is 1. The van der Waals surface area contributed by atoms with Gasteiger partial charge in [-0.2, -0.15) is 0 Å². The van der Waals surface area contributed by atoms with E-state index < -0.39 is 0 Å². The van der Waals surface area contributed by atoms with Crippen LogP contribution in [0.4, 0.5) is 0 Å². The van der Waals surface area contributed by atoms with Crippen LogP contribution in [0.25, 0.3) is 0 Å². The lowest BCUT2D eigenvalue weighted by Crippen LogP contribution is -2.11. The van der Waals surface area contributed by atoms with Crippen LogP contribution in [-0.2, 0) is 6.61 Å². The standard InChI is InChI=1S/C11H10N2O2S/c14-10-9(6-12-11(16)13-10)15-7-8-4-2-1-3-5-8/h1-6H,7H2,(H2,12,13,14,16). The molecule has 2 aromatic rings. The zero-order valence-electron chi connectivity index (χ0n) is 8.40. The summed E-state index contributed by atoms with van der Waals surface area (Å²) in [6.45, 7) is 0.356. The van der Waals surface area contributed by atoms with Gasteiger partial charge in [0.2, 0.25) is 5.75 Å². The van der Waals surface area contributed by atoms with Crippen molar-refractivity contribution >= 4 is 12.2 Å². The largest absolute Gasteiger partial charge is 0.482 e. The molecule has 0 fully saturated rings. The van der Waals surface area contributed by atoms with Crippen LogP contribution < -0.4 is 10.3 Å². The summed E-state index contributed by atoms with van der Waals surface area (Å²) in [7, 11) is 0. The van der Waals surface area contributed by atoms with Crippen LogP contribution in [0.1, 0.15) is 5.56 Å². The van der Waals surface area contributed by atoms with E-state index in [9.17, 15) is 4.79 Å². The van der Waals surface area contributed by atoms with Crippen LogP contribution in [0, 0.1) is 4.77 Å². The number of rotatable bonds is 3. The smallest absolute Gasteiger partial charge is 0.294 e. The van der Waals surface area contributed by atoms with Crippen molar-refractivity contribution in [3.63, 3.8) is 0 Å². The molecule has 16 heavy (non-hydrogen) atoms. The SMILES string of the molecule is O=c1[nH]c(=S)[nH]cc1OCc1ccccc1. The zero-order chi connectivity index (χ0) is 11.4. The Bertz CT molecular complexity index is 574. The minimum atomic E-state index is -0.320. The topological polar surface area (TPSA) is 57.9 Å². The minimum absolute atomic E-state index is 0.234. The molecular formula is C11H10N2O2S. The van der Waals surface area contributed by atoms with Gasteiger partial charge < -0.3 is 9.72 Å². The molecule has 5 heteroatoms. The second kappa shape index (κ2) is 4.76. The number of hydrogen-bond donors (Lipinski definition) is 2. The Morgan fingerprint density at radius 2 is 2.00 bits per heavy atom. The van der Waals surface area contributed by atoms with E-state index in [0.29, 0.717) is 6.61 Å². The lowest BCUT2D eigenvalue weighted by atomic mass is 10.2. The van der Waals surface area contributed by atoms with Gasteiger partial charge in [-0.05, 0) is 17.8 Å². The van der Waals surface area contributed by atoms with Crippen LogP contribution in [0.15, 0.2) is 41.3 Å². The average molecular weight is 234 g/mol.